The standard InChI is InChI=1S/C23H23FN6O2/c1-13-14(2)30-22(27-28(3)23(30)31)26-21(13)29-8-7-19-17(12-29)9-16(11-25-19)15-5-6-18(24)20(10-15)32-4/h5-6,9-11H,7-8,12H2,1-4H3. The summed E-state index contributed by atoms with van der Waals surface area (Å²) < 4.78 is 21.8. The van der Waals surface area contributed by atoms with Crippen LogP contribution in [-0.2, 0) is 20.0 Å². The minimum Gasteiger partial charge on any atom is -0.494 e. The first-order valence-electron chi connectivity index (χ1n) is 10.4. The van der Waals surface area contributed by atoms with Crippen molar-refractivity contribution in [1.29, 1.82) is 0 Å². The molecular formula is C23H23FN6O2. The number of aryl methyl sites for hydroxylation is 2. The molecule has 32 heavy (non-hydrogen) atoms. The first-order chi connectivity index (χ1) is 15.4. The molecule has 0 saturated heterocycles. The molecule has 9 heteroatoms. The molecule has 0 saturated carbocycles. The third-order valence-electron chi connectivity index (χ3n) is 6.15. The third kappa shape index (κ3) is 3.12. The number of nitrogens with zero attached hydrogens (tertiary/aromatic N) is 6. The van der Waals surface area contributed by atoms with E-state index in [-0.39, 0.29) is 11.4 Å². The molecule has 0 unspecified atom stereocenters. The maximum atomic E-state index is 13.8. The second-order valence-corrected chi connectivity index (χ2v) is 8.04. The fraction of sp³-hybridized carbons (Fsp3) is 0.304. The number of aromatic nitrogens is 5. The highest BCUT2D eigenvalue weighted by Crippen LogP contribution is 2.31. The summed E-state index contributed by atoms with van der Waals surface area (Å²) >= 11 is 0. The van der Waals surface area contributed by atoms with Gasteiger partial charge >= 0.3 is 5.69 Å². The number of hydrogen-bond donors (Lipinski definition) is 0. The topological polar surface area (TPSA) is 77.5 Å². The van der Waals surface area contributed by atoms with Gasteiger partial charge in [-0.2, -0.15) is 4.98 Å². The molecule has 1 aliphatic rings. The zero-order valence-electron chi connectivity index (χ0n) is 18.4. The van der Waals surface area contributed by atoms with Crippen LogP contribution in [0.25, 0.3) is 16.9 Å². The molecule has 0 bridgehead atoms. The fourth-order valence-corrected chi connectivity index (χ4v) is 4.24. The lowest BCUT2D eigenvalue weighted by atomic mass is 9.99. The zero-order chi connectivity index (χ0) is 22.6. The van der Waals surface area contributed by atoms with Gasteiger partial charge in [0, 0.05) is 55.3 Å². The van der Waals surface area contributed by atoms with E-state index in [2.05, 4.69) is 21.0 Å². The van der Waals surface area contributed by atoms with E-state index in [4.69, 9.17) is 9.72 Å². The maximum Gasteiger partial charge on any atom is 0.351 e. The lowest BCUT2D eigenvalue weighted by molar-refractivity contribution is 0.387. The summed E-state index contributed by atoms with van der Waals surface area (Å²) in [5, 5.41) is 4.27. The van der Waals surface area contributed by atoms with Crippen molar-refractivity contribution < 1.29 is 9.13 Å². The van der Waals surface area contributed by atoms with Crippen LogP contribution in [-0.4, -0.2) is 37.8 Å². The van der Waals surface area contributed by atoms with Crippen molar-refractivity contribution in [3.63, 3.8) is 0 Å². The molecule has 0 spiro atoms. The molecule has 1 aromatic carbocycles. The Balaban J connectivity index is 1.53. The van der Waals surface area contributed by atoms with Gasteiger partial charge in [-0.3, -0.25) is 4.98 Å². The predicted molar refractivity (Wildman–Crippen MR) is 119 cm³/mol. The lowest BCUT2D eigenvalue weighted by Crippen LogP contribution is -2.33. The van der Waals surface area contributed by atoms with E-state index in [9.17, 15) is 9.18 Å². The average Bonchev–Trinajstić information content (AvgIpc) is 3.09. The van der Waals surface area contributed by atoms with Gasteiger partial charge in [-0.05, 0) is 43.2 Å². The molecule has 8 nitrogen and oxygen atoms in total. The highest BCUT2D eigenvalue weighted by molar-refractivity contribution is 5.66. The number of fused-ring (bicyclic) bond motifs is 2. The Morgan fingerprint density at radius 1 is 1.16 bits per heavy atom. The van der Waals surface area contributed by atoms with Gasteiger partial charge in [-0.1, -0.05) is 6.07 Å². The molecule has 0 aliphatic carbocycles. The highest BCUT2D eigenvalue weighted by atomic mass is 19.1. The van der Waals surface area contributed by atoms with E-state index >= 15 is 0 Å². The minimum atomic E-state index is -0.394. The smallest absolute Gasteiger partial charge is 0.351 e. The summed E-state index contributed by atoms with van der Waals surface area (Å²) in [5.41, 5.74) is 5.46. The Bertz CT molecular complexity index is 1420. The lowest BCUT2D eigenvalue weighted by Gasteiger charge is -2.31. The summed E-state index contributed by atoms with van der Waals surface area (Å²) in [6, 6.07) is 6.90. The second-order valence-electron chi connectivity index (χ2n) is 8.04. The number of rotatable bonds is 3. The van der Waals surface area contributed by atoms with Gasteiger partial charge in [0.05, 0.1) is 7.11 Å². The van der Waals surface area contributed by atoms with E-state index < -0.39 is 5.82 Å². The molecule has 3 aromatic heterocycles. The van der Waals surface area contributed by atoms with Crippen molar-refractivity contribution >= 4 is 11.6 Å². The van der Waals surface area contributed by atoms with Crippen LogP contribution in [0, 0.1) is 19.7 Å². The first-order valence-corrected chi connectivity index (χ1v) is 10.4. The van der Waals surface area contributed by atoms with E-state index in [0.717, 1.165) is 52.4 Å². The zero-order valence-corrected chi connectivity index (χ0v) is 18.4. The molecule has 5 rings (SSSR count). The van der Waals surface area contributed by atoms with Gasteiger partial charge in [0.15, 0.2) is 11.6 Å². The van der Waals surface area contributed by atoms with Crippen LogP contribution in [0.1, 0.15) is 22.5 Å². The molecule has 164 valence electrons. The van der Waals surface area contributed by atoms with Crippen LogP contribution in [0.5, 0.6) is 5.75 Å². The van der Waals surface area contributed by atoms with Crippen molar-refractivity contribution in [3.8, 4) is 16.9 Å². The average molecular weight is 434 g/mol. The normalized spacial score (nSPS) is 13.5. The maximum absolute atomic E-state index is 13.8. The summed E-state index contributed by atoms with van der Waals surface area (Å²) in [5.74, 6) is 1.03. The third-order valence-corrected chi connectivity index (χ3v) is 6.15. The molecule has 0 amide bonds. The summed E-state index contributed by atoms with van der Waals surface area (Å²) in [6.07, 6.45) is 2.60. The van der Waals surface area contributed by atoms with Crippen LogP contribution in [0.2, 0.25) is 0 Å². The van der Waals surface area contributed by atoms with Crippen LogP contribution < -0.4 is 15.3 Å². The number of hydrogen-bond acceptors (Lipinski definition) is 6. The van der Waals surface area contributed by atoms with Crippen molar-refractivity contribution in [1.82, 2.24) is 24.1 Å². The Labute approximate surface area is 183 Å². The monoisotopic (exact) mass is 434 g/mol. The number of ether oxygens (including phenoxy) is 1. The number of benzene rings is 1. The largest absolute Gasteiger partial charge is 0.494 e. The quantitative estimate of drug-likeness (QED) is 0.494. The van der Waals surface area contributed by atoms with Crippen LogP contribution >= 0.6 is 0 Å². The highest BCUT2D eigenvalue weighted by Gasteiger charge is 2.23. The number of pyridine rings is 1. The van der Waals surface area contributed by atoms with Gasteiger partial charge in [0.25, 0.3) is 5.78 Å². The van der Waals surface area contributed by atoms with Crippen molar-refractivity contribution in [2.24, 2.45) is 7.05 Å². The second kappa shape index (κ2) is 7.44. The van der Waals surface area contributed by atoms with E-state index in [0.29, 0.717) is 12.3 Å². The Hall–Kier alpha value is -3.75. The number of halogens is 1. The number of anilines is 1. The van der Waals surface area contributed by atoms with Gasteiger partial charge in [0.2, 0.25) is 0 Å². The van der Waals surface area contributed by atoms with Crippen molar-refractivity contribution in [2.45, 2.75) is 26.8 Å². The Kier molecular flexibility index (Phi) is 4.69. The molecule has 0 fully saturated rings. The molecule has 0 N–H and O–H groups in total. The van der Waals surface area contributed by atoms with E-state index in [1.165, 1.54) is 22.3 Å². The molecular weight excluding hydrogens is 411 g/mol. The van der Waals surface area contributed by atoms with E-state index in [1.807, 2.05) is 20.0 Å². The predicted octanol–water partition coefficient (Wildman–Crippen LogP) is 2.82. The molecule has 0 atom stereocenters. The molecule has 0 radical (unpaired) electrons. The van der Waals surface area contributed by atoms with Crippen molar-refractivity contribution in [3.05, 3.63) is 69.3 Å². The molecule has 4 heterocycles. The van der Waals surface area contributed by atoms with Gasteiger partial charge in [0.1, 0.15) is 5.82 Å². The SMILES string of the molecule is COc1cc(-c2cnc3c(c2)CN(c2nc4nn(C)c(=O)n4c(C)c2C)CC3)ccc1F. The van der Waals surface area contributed by atoms with Crippen LogP contribution in [0.4, 0.5) is 10.2 Å². The summed E-state index contributed by atoms with van der Waals surface area (Å²) in [7, 11) is 3.08. The molecule has 1 aliphatic heterocycles. The number of methoxy groups -OCH3 is 1. The summed E-state index contributed by atoms with van der Waals surface area (Å²) in [4.78, 5) is 23.9. The minimum absolute atomic E-state index is 0.202. The Morgan fingerprint density at radius 3 is 2.75 bits per heavy atom. The Morgan fingerprint density at radius 2 is 1.97 bits per heavy atom. The van der Waals surface area contributed by atoms with Crippen LogP contribution in [0.3, 0.4) is 0 Å². The fourth-order valence-electron chi connectivity index (χ4n) is 4.24. The van der Waals surface area contributed by atoms with E-state index in [1.54, 1.807) is 19.2 Å². The van der Waals surface area contributed by atoms with Crippen molar-refractivity contribution in [2.75, 3.05) is 18.6 Å². The molecule has 4 aromatic rings. The van der Waals surface area contributed by atoms with Gasteiger partial charge < -0.3 is 9.64 Å². The van der Waals surface area contributed by atoms with Gasteiger partial charge in [-0.25, -0.2) is 18.3 Å². The van der Waals surface area contributed by atoms with Crippen LogP contribution in [0.15, 0.2) is 35.3 Å². The first kappa shape index (κ1) is 20.2. The van der Waals surface area contributed by atoms with Gasteiger partial charge in [-0.15, -0.1) is 5.10 Å². The summed E-state index contributed by atoms with van der Waals surface area (Å²) in [6.45, 7) is 5.29.